The molecule has 4 aliphatic rings. The zero-order valence-electron chi connectivity index (χ0n) is 50.4. The van der Waals surface area contributed by atoms with E-state index in [0.29, 0.717) is 43.9 Å². The average Bonchev–Trinajstić information content (AvgIpc) is 4.28. The van der Waals surface area contributed by atoms with Crippen LogP contribution in [0.4, 0.5) is 0 Å². The van der Waals surface area contributed by atoms with Gasteiger partial charge in [-0.25, -0.2) is 0 Å². The highest BCUT2D eigenvalue weighted by Crippen LogP contribution is 2.49. The number of unbranched alkanes of at least 4 members (excludes halogenated alkanes) is 1. The van der Waals surface area contributed by atoms with Crippen LogP contribution in [0.5, 0.6) is 0 Å². The van der Waals surface area contributed by atoms with Gasteiger partial charge in [-0.05, 0) is 66.0 Å². The number of esters is 2. The fraction of sp³-hybridized carbons (Fsp3) is 0.912. The normalized spacial score (nSPS) is 27.2. The van der Waals surface area contributed by atoms with Crippen LogP contribution in [0.2, 0.25) is 0 Å². The molecule has 0 radical (unpaired) electrons. The van der Waals surface area contributed by atoms with Crippen LogP contribution < -0.4 is 5.32 Å². The highest BCUT2D eigenvalue weighted by Gasteiger charge is 2.76. The Bertz CT molecular complexity index is 1260. The zero-order valence-corrected chi connectivity index (χ0v) is 50.4. The van der Waals surface area contributed by atoms with Gasteiger partial charge in [0.1, 0.15) is 24.1 Å². The SMILES string of the molecule is C#C.CC.CC.CC.CC1CC(C)OC(O)C1.CCCC.CCC[C@@H](C)C(=O)C(C)C.CC[C@@H](OC(=O)C(C)[C@H](CC(C)OC)O[C@H]1CC(C)[C@@H](OC(=O)CCN(CC)CC)C(C)O1)C1OC12NC2O.CO. The maximum Gasteiger partial charge on any atom is 0.311 e. The Labute approximate surface area is 442 Å². The van der Waals surface area contributed by atoms with Crippen LogP contribution in [-0.4, -0.2) is 139 Å². The third-order valence-electron chi connectivity index (χ3n) is 12.4. The van der Waals surface area contributed by atoms with E-state index in [-0.39, 0.29) is 54.2 Å². The summed E-state index contributed by atoms with van der Waals surface area (Å²) in [4.78, 5) is 39.1. The van der Waals surface area contributed by atoms with Crippen LogP contribution in [0.25, 0.3) is 0 Å². The van der Waals surface area contributed by atoms with Gasteiger partial charge in [0.15, 0.2) is 24.5 Å². The molecule has 0 aromatic heterocycles. The van der Waals surface area contributed by atoms with Crippen molar-refractivity contribution in [2.24, 2.45) is 29.6 Å². The summed E-state index contributed by atoms with van der Waals surface area (Å²) in [6.07, 6.45) is 12.8. The van der Waals surface area contributed by atoms with Crippen LogP contribution in [0.15, 0.2) is 0 Å². The summed E-state index contributed by atoms with van der Waals surface area (Å²) in [7, 11) is 2.62. The number of nitrogens with one attached hydrogen (secondary N) is 1. The second-order valence-corrected chi connectivity index (χ2v) is 18.4. The standard InChI is InChI=1S/C28H50N2O9.C9H18O.C7H14O2.C4H10.3C2H6.C2H2.CH4O/c1-9-20(25-28(39-25)27(33)29-28)37-26(32)18(6)21(15-17(5)34-8)36-23-14-16(4)24(19(7)35-23)38-22(31)12-13-30(10-2)11-3;1-5-6-8(4)9(10)7(2)3;1-5-3-6(2)9-7(8)4-5;1-3-4-2;5*1-2/h16-21,23-25,27,29,33H,9-15H2,1-8H3;7-8H,5-6H2,1-4H3;5-8H,3-4H2,1-2H3;3-4H2,1-2H3;3*1-2H3;1-2H;2H,1H3/t16?,17?,18?,19?,20-,21+,23+,24-,25?,27?,28?;8-;;;;;;;/m11......./s1. The second kappa shape index (κ2) is 47.2. The Hall–Kier alpha value is -2.23. The number of Topliss-reactive ketones (excluding diaryl/α,β-unsaturated/α-hetero) is 1. The summed E-state index contributed by atoms with van der Waals surface area (Å²) < 4.78 is 40.3. The molecule has 15 atom stereocenters. The number of aliphatic hydroxyl groups excluding tert-OH is 3. The number of rotatable bonds is 21. The van der Waals surface area contributed by atoms with Crippen molar-refractivity contribution >= 4 is 17.7 Å². The van der Waals surface area contributed by atoms with Gasteiger partial charge in [0.2, 0.25) is 0 Å². The molecule has 4 N–H and O–H groups in total. The first-order valence-corrected chi connectivity index (χ1v) is 27.9. The number of carbonyl (C=O) groups is 3. The van der Waals surface area contributed by atoms with Crippen molar-refractivity contribution in [3.05, 3.63) is 0 Å². The third kappa shape index (κ3) is 32.3. The lowest BCUT2D eigenvalue weighted by Crippen LogP contribution is -2.48. The molecule has 15 nitrogen and oxygen atoms in total. The molecular weight excluding hydrogens is 921 g/mol. The number of methoxy groups -OCH3 is 1. The predicted octanol–water partition coefficient (Wildman–Crippen LogP) is 10.7. The van der Waals surface area contributed by atoms with Gasteiger partial charge in [0, 0.05) is 57.8 Å². The number of hydrogen-bond acceptors (Lipinski definition) is 15. The minimum atomic E-state index is -0.752. The van der Waals surface area contributed by atoms with E-state index in [2.05, 4.69) is 64.6 Å². The highest BCUT2D eigenvalue weighted by atomic mass is 16.7. The monoisotopic (exact) mass is 1040 g/mol. The van der Waals surface area contributed by atoms with E-state index >= 15 is 0 Å². The lowest BCUT2D eigenvalue weighted by atomic mass is 9.93. The van der Waals surface area contributed by atoms with E-state index in [4.69, 9.17) is 43.4 Å². The van der Waals surface area contributed by atoms with E-state index in [1.165, 1.54) is 12.8 Å². The molecule has 0 saturated carbocycles. The Morgan fingerprint density at radius 2 is 1.33 bits per heavy atom. The molecule has 4 aliphatic heterocycles. The van der Waals surface area contributed by atoms with Gasteiger partial charge in [0.25, 0.3) is 0 Å². The molecule has 0 aromatic carbocycles. The van der Waals surface area contributed by atoms with Gasteiger partial charge >= 0.3 is 11.9 Å². The summed E-state index contributed by atoms with van der Waals surface area (Å²) >= 11 is 0. The summed E-state index contributed by atoms with van der Waals surface area (Å²) in [6, 6.07) is 0. The number of terminal acetylenes is 1. The maximum absolute atomic E-state index is 13.2. The fourth-order valence-electron chi connectivity index (χ4n) is 7.90. The van der Waals surface area contributed by atoms with Gasteiger partial charge in [-0.3, -0.25) is 19.7 Å². The van der Waals surface area contributed by atoms with E-state index in [1.807, 2.05) is 96.9 Å². The number of nitrogens with zero attached hydrogens (tertiary/aromatic N) is 1. The van der Waals surface area contributed by atoms with Gasteiger partial charge in [-0.2, -0.15) is 0 Å². The number of ketones is 1. The van der Waals surface area contributed by atoms with Gasteiger partial charge in [-0.15, -0.1) is 12.8 Å². The van der Waals surface area contributed by atoms with E-state index in [1.54, 1.807) is 14.0 Å². The molecule has 4 rings (SSSR count). The van der Waals surface area contributed by atoms with Gasteiger partial charge < -0.3 is 53.4 Å². The Kier molecular flexibility index (Phi) is 51.6. The fourth-order valence-corrected chi connectivity index (χ4v) is 7.90. The summed E-state index contributed by atoms with van der Waals surface area (Å²) in [6.45, 7) is 44.7. The van der Waals surface area contributed by atoms with Crippen molar-refractivity contribution < 1.29 is 62.9 Å². The summed E-state index contributed by atoms with van der Waals surface area (Å²) in [5.41, 5.74) is -0.752. The molecule has 10 unspecified atom stereocenters. The summed E-state index contributed by atoms with van der Waals surface area (Å²) in [5.74, 6) is 0.305. The molecule has 4 saturated heterocycles. The third-order valence-corrected chi connectivity index (χ3v) is 12.4. The molecule has 0 amide bonds. The maximum atomic E-state index is 13.2. The minimum absolute atomic E-state index is 0.0176. The molecule has 0 aliphatic carbocycles. The van der Waals surface area contributed by atoms with Crippen LogP contribution in [-0.2, 0) is 47.5 Å². The van der Waals surface area contributed by atoms with Crippen molar-refractivity contribution in [3.8, 4) is 12.8 Å². The molecule has 4 fully saturated rings. The number of carbonyl (C=O) groups excluding carboxylic acids is 3. The lowest BCUT2D eigenvalue weighted by Gasteiger charge is -2.40. The first-order valence-electron chi connectivity index (χ1n) is 27.9. The van der Waals surface area contributed by atoms with Gasteiger partial charge in [-0.1, -0.05) is 137 Å². The number of epoxide rings is 1. The number of aliphatic hydroxyl groups is 3. The highest BCUT2D eigenvalue weighted by molar-refractivity contribution is 5.82. The molecule has 0 bridgehead atoms. The van der Waals surface area contributed by atoms with Crippen LogP contribution in [0.1, 0.15) is 210 Å². The molecule has 0 aromatic rings. The van der Waals surface area contributed by atoms with Crippen molar-refractivity contribution in [3.63, 3.8) is 0 Å². The predicted molar refractivity (Wildman–Crippen MR) is 294 cm³/mol. The van der Waals surface area contributed by atoms with Crippen molar-refractivity contribution in [2.45, 2.75) is 277 Å². The molecule has 72 heavy (non-hydrogen) atoms. The molecular formula is C57H116N2O13. The van der Waals surface area contributed by atoms with Crippen molar-refractivity contribution in [1.29, 1.82) is 0 Å². The minimum Gasteiger partial charge on any atom is -0.459 e. The topological polar surface area (TPSA) is 205 Å². The smallest absolute Gasteiger partial charge is 0.311 e. The van der Waals surface area contributed by atoms with E-state index in [9.17, 15) is 19.5 Å². The van der Waals surface area contributed by atoms with Crippen LogP contribution in [0.3, 0.4) is 0 Å². The first-order chi connectivity index (χ1) is 34.2. The lowest BCUT2D eigenvalue weighted by molar-refractivity contribution is -0.260. The largest absolute Gasteiger partial charge is 0.459 e. The van der Waals surface area contributed by atoms with Gasteiger partial charge in [0.05, 0.1) is 36.8 Å². The quantitative estimate of drug-likeness (QED) is 0.0480. The molecule has 4 heterocycles. The van der Waals surface area contributed by atoms with Crippen molar-refractivity contribution in [2.75, 3.05) is 33.9 Å². The van der Waals surface area contributed by atoms with E-state index < -0.39 is 48.6 Å². The van der Waals surface area contributed by atoms with Crippen molar-refractivity contribution in [1.82, 2.24) is 10.2 Å². The average molecular weight is 1040 g/mol. The molecule has 1 spiro atoms. The van der Waals surface area contributed by atoms with E-state index in [0.717, 1.165) is 45.9 Å². The Morgan fingerprint density at radius 1 is 0.806 bits per heavy atom. The first kappa shape index (κ1) is 78.7. The number of ether oxygens (including phenoxy) is 7. The molecule has 432 valence electrons. The summed E-state index contributed by atoms with van der Waals surface area (Å²) in [5, 5.41) is 28.6. The van der Waals surface area contributed by atoms with Crippen LogP contribution in [0, 0.1) is 42.4 Å². The zero-order chi connectivity index (χ0) is 57.3. The number of hydrogen-bond donors (Lipinski definition) is 4. The van der Waals surface area contributed by atoms with Crippen LogP contribution >= 0.6 is 0 Å². The Morgan fingerprint density at radius 3 is 1.71 bits per heavy atom. The second-order valence-electron chi connectivity index (χ2n) is 18.4. The molecule has 15 heteroatoms. The Balaban J connectivity index is -0.000000368.